The average Bonchev–Trinajstić information content (AvgIpc) is 2.60. The number of imide groups is 1. The zero-order valence-corrected chi connectivity index (χ0v) is 14.0. The Morgan fingerprint density at radius 2 is 1.70 bits per heavy atom. The van der Waals surface area contributed by atoms with Gasteiger partial charge in [-0.25, -0.2) is 9.59 Å². The van der Waals surface area contributed by atoms with E-state index in [1.54, 1.807) is 6.07 Å². The minimum atomic E-state index is -1.18. The summed E-state index contributed by atoms with van der Waals surface area (Å²) in [6.45, 7) is 0.815. The van der Waals surface area contributed by atoms with Crippen molar-refractivity contribution in [2.24, 2.45) is 0 Å². The molecule has 0 aliphatic carbocycles. The molecule has 1 aliphatic heterocycles. The standard InChI is InChI=1S/C17H13ClN2O6.Na.H/c18-12-8-10(2-3-11(12)16(22)23)19-17(24)20-15(21)9-1-4-13-14(7-9)26-6-5-25-13;;/h1-4,7-8H,5-6H2,(H,22,23)(H2,19,20,21,24);;. The number of halogens is 1. The molecule has 136 valence electrons. The molecule has 3 N–H and O–H groups in total. The summed E-state index contributed by atoms with van der Waals surface area (Å²) in [6.07, 6.45) is 0. The Balaban J connectivity index is 0.00000261. The molecule has 0 aromatic heterocycles. The monoisotopic (exact) mass is 400 g/mol. The van der Waals surface area contributed by atoms with Crippen LogP contribution in [0.25, 0.3) is 0 Å². The fourth-order valence-electron chi connectivity index (χ4n) is 2.29. The van der Waals surface area contributed by atoms with Crippen molar-refractivity contribution in [2.45, 2.75) is 0 Å². The number of aromatic carboxylic acids is 1. The molecule has 0 spiro atoms. The summed E-state index contributed by atoms with van der Waals surface area (Å²) in [7, 11) is 0. The Hall–Kier alpha value is -2.26. The van der Waals surface area contributed by atoms with Gasteiger partial charge < -0.3 is 19.9 Å². The number of carboxylic acids is 1. The van der Waals surface area contributed by atoms with Gasteiger partial charge in [-0.2, -0.15) is 0 Å². The van der Waals surface area contributed by atoms with E-state index in [9.17, 15) is 14.4 Å². The second-order valence-electron chi connectivity index (χ2n) is 5.27. The average molecular weight is 401 g/mol. The third-order valence-corrected chi connectivity index (χ3v) is 3.80. The number of anilines is 1. The molecule has 2 aromatic carbocycles. The van der Waals surface area contributed by atoms with Crippen molar-refractivity contribution in [3.05, 3.63) is 52.5 Å². The number of nitrogens with one attached hydrogen (secondary N) is 2. The van der Waals surface area contributed by atoms with Crippen LogP contribution in [-0.2, 0) is 0 Å². The molecule has 3 amide bonds. The van der Waals surface area contributed by atoms with E-state index in [1.807, 2.05) is 0 Å². The predicted molar refractivity (Wildman–Crippen MR) is 99.5 cm³/mol. The number of carbonyl (C=O) groups is 3. The van der Waals surface area contributed by atoms with Gasteiger partial charge in [-0.3, -0.25) is 10.1 Å². The first-order valence-corrected chi connectivity index (χ1v) is 7.86. The molecule has 1 heterocycles. The van der Waals surface area contributed by atoms with Crippen molar-refractivity contribution >= 4 is 64.8 Å². The molecule has 0 saturated carbocycles. The molecule has 10 heteroatoms. The van der Waals surface area contributed by atoms with Crippen LogP contribution in [0, 0.1) is 0 Å². The van der Waals surface area contributed by atoms with Crippen LogP contribution < -0.4 is 20.1 Å². The second kappa shape index (κ2) is 9.09. The third kappa shape index (κ3) is 5.14. The molecule has 1 aliphatic rings. The van der Waals surface area contributed by atoms with Crippen LogP contribution in [-0.4, -0.2) is 65.8 Å². The van der Waals surface area contributed by atoms with Gasteiger partial charge in [-0.05, 0) is 36.4 Å². The number of ether oxygens (including phenoxy) is 2. The van der Waals surface area contributed by atoms with Crippen molar-refractivity contribution in [3.63, 3.8) is 0 Å². The Kier molecular flexibility index (Phi) is 7.09. The normalized spacial score (nSPS) is 11.7. The van der Waals surface area contributed by atoms with Gasteiger partial charge in [-0.15, -0.1) is 0 Å². The van der Waals surface area contributed by atoms with Gasteiger partial charge in [0.05, 0.1) is 10.6 Å². The molecule has 2 aromatic rings. The Morgan fingerprint density at radius 3 is 2.37 bits per heavy atom. The topological polar surface area (TPSA) is 114 Å². The van der Waals surface area contributed by atoms with Crippen LogP contribution >= 0.6 is 11.6 Å². The first-order valence-electron chi connectivity index (χ1n) is 7.49. The van der Waals surface area contributed by atoms with Gasteiger partial charge in [0.2, 0.25) is 0 Å². The Bertz CT molecular complexity index is 905. The van der Waals surface area contributed by atoms with Crippen molar-refractivity contribution < 1.29 is 29.0 Å². The fourth-order valence-corrected chi connectivity index (χ4v) is 2.55. The number of benzene rings is 2. The van der Waals surface area contributed by atoms with Gasteiger partial charge in [0.1, 0.15) is 13.2 Å². The second-order valence-corrected chi connectivity index (χ2v) is 5.67. The third-order valence-electron chi connectivity index (χ3n) is 3.49. The van der Waals surface area contributed by atoms with Crippen LogP contribution in [0.5, 0.6) is 11.5 Å². The molecule has 0 fully saturated rings. The number of urea groups is 1. The number of carboxylic acid groups (broad SMARTS) is 1. The fraction of sp³-hybridized carbons (Fsp3) is 0.118. The first-order chi connectivity index (χ1) is 12.4. The van der Waals surface area contributed by atoms with Crippen molar-refractivity contribution in [3.8, 4) is 11.5 Å². The first kappa shape index (κ1) is 21.0. The zero-order valence-electron chi connectivity index (χ0n) is 13.2. The van der Waals surface area contributed by atoms with E-state index in [4.69, 9.17) is 26.2 Å². The summed E-state index contributed by atoms with van der Waals surface area (Å²) in [5, 5.41) is 13.5. The van der Waals surface area contributed by atoms with Gasteiger partial charge in [0.25, 0.3) is 5.91 Å². The van der Waals surface area contributed by atoms with E-state index in [0.29, 0.717) is 24.7 Å². The van der Waals surface area contributed by atoms with Gasteiger partial charge in [0, 0.05) is 11.3 Å². The van der Waals surface area contributed by atoms with E-state index < -0.39 is 17.9 Å². The minimum absolute atomic E-state index is 0. The predicted octanol–water partition coefficient (Wildman–Crippen LogP) is 2.12. The van der Waals surface area contributed by atoms with Crippen molar-refractivity contribution in [2.75, 3.05) is 18.5 Å². The summed E-state index contributed by atoms with van der Waals surface area (Å²) in [6, 6.07) is 7.69. The van der Waals surface area contributed by atoms with Crippen LogP contribution in [0.4, 0.5) is 10.5 Å². The quantitative estimate of drug-likeness (QED) is 0.680. The Labute approximate surface area is 181 Å². The Morgan fingerprint density at radius 1 is 1.00 bits per heavy atom. The van der Waals surface area contributed by atoms with Crippen molar-refractivity contribution in [1.29, 1.82) is 0 Å². The summed E-state index contributed by atoms with van der Waals surface area (Å²) in [4.78, 5) is 35.0. The van der Waals surface area contributed by atoms with E-state index >= 15 is 0 Å². The molecular weight excluding hydrogens is 387 g/mol. The van der Waals surface area contributed by atoms with Crippen LogP contribution in [0.3, 0.4) is 0 Å². The summed E-state index contributed by atoms with van der Waals surface area (Å²) in [5.41, 5.74) is 0.376. The van der Waals surface area contributed by atoms with Crippen LogP contribution in [0.2, 0.25) is 5.02 Å². The van der Waals surface area contributed by atoms with E-state index in [0.717, 1.165) is 0 Å². The maximum atomic E-state index is 12.2. The molecule has 0 saturated heterocycles. The molecule has 0 unspecified atom stereocenters. The van der Waals surface area contributed by atoms with E-state index in [2.05, 4.69) is 10.6 Å². The number of amides is 3. The summed E-state index contributed by atoms with van der Waals surface area (Å²) in [5.74, 6) is -0.849. The summed E-state index contributed by atoms with van der Waals surface area (Å²) >= 11 is 5.83. The molecule has 0 radical (unpaired) electrons. The van der Waals surface area contributed by atoms with E-state index in [-0.39, 0.29) is 51.4 Å². The molecule has 27 heavy (non-hydrogen) atoms. The number of fused-ring (bicyclic) bond motifs is 1. The van der Waals surface area contributed by atoms with Crippen LogP contribution in [0.1, 0.15) is 20.7 Å². The molecule has 3 rings (SSSR count). The van der Waals surface area contributed by atoms with Gasteiger partial charge in [-0.1, -0.05) is 11.6 Å². The molecule has 0 bridgehead atoms. The molecule has 8 nitrogen and oxygen atoms in total. The summed E-state index contributed by atoms with van der Waals surface area (Å²) < 4.78 is 10.8. The number of carbonyl (C=O) groups excluding carboxylic acids is 2. The number of rotatable bonds is 3. The number of hydrogen-bond donors (Lipinski definition) is 3. The SMILES string of the molecule is O=C(NC(=O)c1ccc2c(c1)OCCO2)Nc1ccc(C(=O)O)c(Cl)c1.[NaH]. The van der Waals surface area contributed by atoms with E-state index in [1.165, 1.54) is 30.3 Å². The van der Waals surface area contributed by atoms with Crippen molar-refractivity contribution in [1.82, 2.24) is 5.32 Å². The zero-order chi connectivity index (χ0) is 18.7. The van der Waals surface area contributed by atoms with Gasteiger partial charge >= 0.3 is 41.6 Å². The number of hydrogen-bond acceptors (Lipinski definition) is 5. The molecule has 0 atom stereocenters. The van der Waals surface area contributed by atoms with Crippen LogP contribution in [0.15, 0.2) is 36.4 Å². The van der Waals surface area contributed by atoms with Gasteiger partial charge in [0.15, 0.2) is 11.5 Å². The molecular formula is C17H14ClN2NaO6. The maximum absolute atomic E-state index is 12.2.